The molecule has 1 N–H and O–H groups in total. The molecule has 1 nitrogen and oxygen atoms in total. The summed E-state index contributed by atoms with van der Waals surface area (Å²) in [5.74, 6) is 1.22. The number of nitrogens with one attached hydrogen (secondary N) is 1. The number of rotatable bonds is 1. The molecule has 0 unspecified atom stereocenters. The van der Waals surface area contributed by atoms with Gasteiger partial charge in [0.2, 0.25) is 0 Å². The fourth-order valence-electron chi connectivity index (χ4n) is 3.53. The zero-order chi connectivity index (χ0) is 12.8. The molecule has 0 bridgehead atoms. The van der Waals surface area contributed by atoms with Gasteiger partial charge in [-0.15, -0.1) is 0 Å². The van der Waals surface area contributed by atoms with Crippen LogP contribution in [0, 0.1) is 11.8 Å². The van der Waals surface area contributed by atoms with Crippen molar-refractivity contribution >= 4 is 0 Å². The molecule has 0 aromatic heterocycles. The van der Waals surface area contributed by atoms with Crippen molar-refractivity contribution in [2.24, 2.45) is 11.8 Å². The first-order chi connectivity index (χ1) is 8.55. The minimum absolute atomic E-state index is 0.0833. The van der Waals surface area contributed by atoms with Crippen LogP contribution in [-0.4, -0.2) is 13.1 Å². The van der Waals surface area contributed by atoms with Gasteiger partial charge in [-0.3, -0.25) is 0 Å². The zero-order valence-corrected chi connectivity index (χ0v) is 10.0. The van der Waals surface area contributed by atoms with Gasteiger partial charge < -0.3 is 5.32 Å². The van der Waals surface area contributed by atoms with E-state index in [2.05, 4.69) is 5.32 Å². The lowest BCUT2D eigenvalue weighted by Gasteiger charge is -2.18. The summed E-state index contributed by atoms with van der Waals surface area (Å²) in [5, 5.41) is 3.32. The Kier molecular flexibility index (Phi) is 2.85. The van der Waals surface area contributed by atoms with Crippen LogP contribution in [0.15, 0.2) is 24.3 Å². The van der Waals surface area contributed by atoms with Crippen LogP contribution in [0.1, 0.15) is 29.9 Å². The molecule has 0 spiro atoms. The van der Waals surface area contributed by atoms with Gasteiger partial charge in [0, 0.05) is 0 Å². The lowest BCUT2D eigenvalue weighted by Crippen LogP contribution is -2.14. The van der Waals surface area contributed by atoms with Gasteiger partial charge in [-0.05, 0) is 55.3 Å². The number of halogens is 3. The van der Waals surface area contributed by atoms with Crippen molar-refractivity contribution in [2.45, 2.75) is 24.9 Å². The third kappa shape index (κ3) is 2.03. The van der Waals surface area contributed by atoms with E-state index in [9.17, 15) is 13.2 Å². The van der Waals surface area contributed by atoms with Gasteiger partial charge in [-0.25, -0.2) is 0 Å². The Morgan fingerprint density at radius 1 is 1.00 bits per heavy atom. The second-order valence-electron chi connectivity index (χ2n) is 5.43. The smallest absolute Gasteiger partial charge is 0.316 e. The number of hydrogen-bond donors (Lipinski definition) is 1. The molecule has 1 heterocycles. The minimum Gasteiger partial charge on any atom is -0.316 e. The quantitative estimate of drug-likeness (QED) is 0.810. The molecule has 18 heavy (non-hydrogen) atoms. The highest BCUT2D eigenvalue weighted by Gasteiger charge is 2.41. The average Bonchev–Trinajstić information content (AvgIpc) is 2.87. The van der Waals surface area contributed by atoms with E-state index in [0.29, 0.717) is 17.4 Å². The predicted molar refractivity (Wildman–Crippen MR) is 63.3 cm³/mol. The summed E-state index contributed by atoms with van der Waals surface area (Å²) >= 11 is 0. The Bertz CT molecular complexity index is 429. The van der Waals surface area contributed by atoms with Crippen molar-refractivity contribution < 1.29 is 13.2 Å². The number of hydrogen-bond acceptors (Lipinski definition) is 1. The second kappa shape index (κ2) is 4.26. The van der Waals surface area contributed by atoms with E-state index in [1.165, 1.54) is 12.1 Å². The summed E-state index contributed by atoms with van der Waals surface area (Å²) in [5.41, 5.74) is 0.0577. The zero-order valence-electron chi connectivity index (χ0n) is 10.0. The van der Waals surface area contributed by atoms with Gasteiger partial charge in [0.25, 0.3) is 0 Å². The van der Waals surface area contributed by atoms with Gasteiger partial charge in [0.15, 0.2) is 0 Å². The summed E-state index contributed by atoms with van der Waals surface area (Å²) < 4.78 is 38.9. The number of fused-ring (bicyclic) bond motifs is 1. The highest BCUT2D eigenvalue weighted by molar-refractivity contribution is 5.33. The third-order valence-electron chi connectivity index (χ3n) is 4.36. The SMILES string of the molecule is FC(F)(F)c1ccccc1[C@H]1C[C@H]2CNC[C@H]2C1. The Labute approximate surface area is 104 Å². The van der Waals surface area contributed by atoms with Gasteiger partial charge in [0.05, 0.1) is 5.56 Å². The van der Waals surface area contributed by atoms with E-state index < -0.39 is 11.7 Å². The maximum absolute atomic E-state index is 13.0. The van der Waals surface area contributed by atoms with Gasteiger partial charge in [-0.1, -0.05) is 18.2 Å². The van der Waals surface area contributed by atoms with Crippen molar-refractivity contribution in [3.05, 3.63) is 35.4 Å². The Balaban J connectivity index is 1.89. The Morgan fingerprint density at radius 3 is 2.22 bits per heavy atom. The van der Waals surface area contributed by atoms with Crippen LogP contribution in [0.3, 0.4) is 0 Å². The van der Waals surface area contributed by atoms with Crippen LogP contribution >= 0.6 is 0 Å². The monoisotopic (exact) mass is 255 g/mol. The van der Waals surface area contributed by atoms with E-state index in [0.717, 1.165) is 25.9 Å². The van der Waals surface area contributed by atoms with Crippen LogP contribution in [0.5, 0.6) is 0 Å². The lowest BCUT2D eigenvalue weighted by molar-refractivity contribution is -0.138. The Morgan fingerprint density at radius 2 is 1.61 bits per heavy atom. The molecular formula is C14H16F3N. The molecule has 4 heteroatoms. The van der Waals surface area contributed by atoms with Gasteiger partial charge in [0.1, 0.15) is 0 Å². The molecule has 1 aliphatic heterocycles. The first-order valence-corrected chi connectivity index (χ1v) is 6.42. The van der Waals surface area contributed by atoms with E-state index in [1.54, 1.807) is 12.1 Å². The van der Waals surface area contributed by atoms with Crippen molar-refractivity contribution in [2.75, 3.05) is 13.1 Å². The molecule has 2 aliphatic rings. The number of benzene rings is 1. The van der Waals surface area contributed by atoms with Crippen LogP contribution in [-0.2, 0) is 6.18 Å². The molecule has 3 rings (SSSR count). The minimum atomic E-state index is -4.23. The summed E-state index contributed by atoms with van der Waals surface area (Å²) in [7, 11) is 0. The first kappa shape index (κ1) is 12.0. The molecule has 1 saturated heterocycles. The number of alkyl halides is 3. The fourth-order valence-corrected chi connectivity index (χ4v) is 3.53. The second-order valence-corrected chi connectivity index (χ2v) is 5.43. The highest BCUT2D eigenvalue weighted by atomic mass is 19.4. The lowest BCUT2D eigenvalue weighted by atomic mass is 9.91. The van der Waals surface area contributed by atoms with Gasteiger partial charge in [-0.2, -0.15) is 13.2 Å². The largest absolute Gasteiger partial charge is 0.416 e. The van der Waals surface area contributed by atoms with E-state index in [1.807, 2.05) is 0 Å². The topological polar surface area (TPSA) is 12.0 Å². The summed E-state index contributed by atoms with van der Waals surface area (Å²) in [4.78, 5) is 0. The summed E-state index contributed by atoms with van der Waals surface area (Å²) in [6.45, 7) is 1.94. The maximum atomic E-state index is 13.0. The van der Waals surface area contributed by atoms with Crippen molar-refractivity contribution in [1.29, 1.82) is 0 Å². The summed E-state index contributed by atoms with van der Waals surface area (Å²) in [6.07, 6.45) is -2.44. The molecule has 0 amide bonds. The maximum Gasteiger partial charge on any atom is 0.416 e. The molecule has 3 atom stereocenters. The molecule has 1 aromatic rings. The van der Waals surface area contributed by atoms with E-state index >= 15 is 0 Å². The molecule has 1 saturated carbocycles. The predicted octanol–water partition coefficient (Wildman–Crippen LogP) is 3.42. The molecule has 98 valence electrons. The molecule has 1 aromatic carbocycles. The van der Waals surface area contributed by atoms with Crippen molar-refractivity contribution in [3.8, 4) is 0 Å². The summed E-state index contributed by atoms with van der Waals surface area (Å²) in [6, 6.07) is 6.06. The van der Waals surface area contributed by atoms with Crippen LogP contribution in [0.4, 0.5) is 13.2 Å². The van der Waals surface area contributed by atoms with E-state index in [4.69, 9.17) is 0 Å². The third-order valence-corrected chi connectivity index (χ3v) is 4.36. The molecule has 1 aliphatic carbocycles. The van der Waals surface area contributed by atoms with E-state index in [-0.39, 0.29) is 5.92 Å². The average molecular weight is 255 g/mol. The molecule has 0 radical (unpaired) electrons. The highest BCUT2D eigenvalue weighted by Crippen LogP contribution is 2.47. The molecule has 2 fully saturated rings. The Hall–Kier alpha value is -1.03. The van der Waals surface area contributed by atoms with Crippen molar-refractivity contribution in [3.63, 3.8) is 0 Å². The van der Waals surface area contributed by atoms with Crippen molar-refractivity contribution in [1.82, 2.24) is 5.32 Å². The molecular weight excluding hydrogens is 239 g/mol. The van der Waals surface area contributed by atoms with Crippen LogP contribution in [0.25, 0.3) is 0 Å². The standard InChI is InChI=1S/C14H16F3N/c15-14(16,17)13-4-2-1-3-12(13)9-5-10-7-18-8-11(10)6-9/h1-4,9-11,18H,5-8H2/t9-,10-,11+. The van der Waals surface area contributed by atoms with Crippen LogP contribution in [0.2, 0.25) is 0 Å². The van der Waals surface area contributed by atoms with Gasteiger partial charge >= 0.3 is 6.18 Å². The normalized spacial score (nSPS) is 31.6. The van der Waals surface area contributed by atoms with Crippen LogP contribution < -0.4 is 5.32 Å². The first-order valence-electron chi connectivity index (χ1n) is 6.42. The fraction of sp³-hybridized carbons (Fsp3) is 0.571.